The van der Waals surface area contributed by atoms with Crippen molar-refractivity contribution in [3.8, 4) is 0 Å². The molecule has 1 N–H and O–H groups in total. The molecule has 0 bridgehead atoms. The van der Waals surface area contributed by atoms with E-state index in [9.17, 15) is 4.79 Å². The molecule has 0 saturated carbocycles. The Morgan fingerprint density at radius 2 is 2.18 bits per heavy atom. The molecule has 5 heteroatoms. The second-order valence-electron chi connectivity index (χ2n) is 4.05. The normalized spacial score (nSPS) is 12.7. The highest BCUT2D eigenvalue weighted by molar-refractivity contribution is 7.22. The predicted molar refractivity (Wildman–Crippen MR) is 73.0 cm³/mol. The first-order valence-electron chi connectivity index (χ1n) is 5.30. The fourth-order valence-corrected chi connectivity index (χ4v) is 2.73. The zero-order chi connectivity index (χ0) is 12.6. The van der Waals surface area contributed by atoms with Crippen molar-refractivity contribution < 1.29 is 4.79 Å². The molecule has 0 unspecified atom stereocenters. The lowest BCUT2D eigenvalue weighted by molar-refractivity contribution is -0.115. The summed E-state index contributed by atoms with van der Waals surface area (Å²) in [7, 11) is 0. The van der Waals surface area contributed by atoms with E-state index in [1.165, 1.54) is 16.9 Å². The SMILES string of the molecule is Cc1cc(C)c2nc(NC(=O)[C@@H](C)Cl)sc2c1. The van der Waals surface area contributed by atoms with E-state index in [1.807, 2.05) is 13.8 Å². The lowest BCUT2D eigenvalue weighted by atomic mass is 10.1. The molecule has 1 aromatic carbocycles. The van der Waals surface area contributed by atoms with E-state index in [0.717, 1.165) is 15.8 Å². The fourth-order valence-electron chi connectivity index (χ4n) is 1.63. The van der Waals surface area contributed by atoms with Crippen LogP contribution in [0.2, 0.25) is 0 Å². The summed E-state index contributed by atoms with van der Waals surface area (Å²) in [6.45, 7) is 5.70. The van der Waals surface area contributed by atoms with Crippen LogP contribution in [0.25, 0.3) is 10.2 Å². The van der Waals surface area contributed by atoms with E-state index in [2.05, 4.69) is 22.4 Å². The quantitative estimate of drug-likeness (QED) is 0.848. The van der Waals surface area contributed by atoms with Crippen LogP contribution in [-0.2, 0) is 4.79 Å². The number of hydrogen-bond donors (Lipinski definition) is 1. The van der Waals surface area contributed by atoms with Gasteiger partial charge in [-0.05, 0) is 38.0 Å². The Kier molecular flexibility index (Phi) is 3.35. The number of nitrogens with one attached hydrogen (secondary N) is 1. The topological polar surface area (TPSA) is 42.0 Å². The van der Waals surface area contributed by atoms with Crippen LogP contribution >= 0.6 is 22.9 Å². The van der Waals surface area contributed by atoms with Crippen molar-refractivity contribution in [3.05, 3.63) is 23.3 Å². The van der Waals surface area contributed by atoms with E-state index in [-0.39, 0.29) is 5.91 Å². The number of carbonyl (C=O) groups is 1. The molecule has 17 heavy (non-hydrogen) atoms. The summed E-state index contributed by atoms with van der Waals surface area (Å²) < 4.78 is 1.08. The summed E-state index contributed by atoms with van der Waals surface area (Å²) in [5.74, 6) is -0.222. The molecular weight excluding hydrogens is 256 g/mol. The number of hydrogen-bond acceptors (Lipinski definition) is 3. The van der Waals surface area contributed by atoms with Crippen LogP contribution in [0.15, 0.2) is 12.1 Å². The van der Waals surface area contributed by atoms with Crippen LogP contribution < -0.4 is 5.32 Å². The maximum atomic E-state index is 11.5. The Hall–Kier alpha value is -1.13. The number of rotatable bonds is 2. The van der Waals surface area contributed by atoms with Gasteiger partial charge in [0.25, 0.3) is 0 Å². The smallest absolute Gasteiger partial charge is 0.243 e. The van der Waals surface area contributed by atoms with Gasteiger partial charge in [-0.2, -0.15) is 0 Å². The van der Waals surface area contributed by atoms with Gasteiger partial charge in [-0.25, -0.2) is 4.98 Å². The van der Waals surface area contributed by atoms with Gasteiger partial charge < -0.3 is 5.32 Å². The van der Waals surface area contributed by atoms with E-state index in [0.29, 0.717) is 5.13 Å². The van der Waals surface area contributed by atoms with Gasteiger partial charge in [0.2, 0.25) is 5.91 Å². The Bertz CT molecular complexity index is 577. The number of alkyl halides is 1. The van der Waals surface area contributed by atoms with Gasteiger partial charge in [-0.3, -0.25) is 4.79 Å². The first-order chi connectivity index (χ1) is 7.97. The molecule has 1 atom stereocenters. The summed E-state index contributed by atoms with van der Waals surface area (Å²) in [4.78, 5) is 15.9. The second kappa shape index (κ2) is 4.63. The molecule has 90 valence electrons. The number of aryl methyl sites for hydroxylation is 2. The van der Waals surface area contributed by atoms with Crippen LogP contribution in [0, 0.1) is 13.8 Å². The molecule has 1 aromatic heterocycles. The van der Waals surface area contributed by atoms with Gasteiger partial charge >= 0.3 is 0 Å². The van der Waals surface area contributed by atoms with Crippen molar-refractivity contribution >= 4 is 44.2 Å². The number of thiazole rings is 1. The van der Waals surface area contributed by atoms with Crippen LogP contribution in [-0.4, -0.2) is 16.3 Å². The van der Waals surface area contributed by atoms with Crippen molar-refractivity contribution in [1.29, 1.82) is 0 Å². The standard InChI is InChI=1S/C12H13ClN2OS/c1-6-4-7(2)10-9(5-6)17-12(14-10)15-11(16)8(3)13/h4-5,8H,1-3H3,(H,14,15,16)/t8-/m1/s1. The predicted octanol–water partition coefficient (Wildman–Crippen LogP) is 3.48. The van der Waals surface area contributed by atoms with Gasteiger partial charge in [0.05, 0.1) is 10.2 Å². The van der Waals surface area contributed by atoms with Gasteiger partial charge in [-0.15, -0.1) is 11.6 Å². The highest BCUT2D eigenvalue weighted by Crippen LogP contribution is 2.29. The average Bonchev–Trinajstić information content (AvgIpc) is 2.60. The van der Waals surface area contributed by atoms with Gasteiger partial charge in [0, 0.05) is 0 Å². The highest BCUT2D eigenvalue weighted by atomic mass is 35.5. The Labute approximate surface area is 109 Å². The highest BCUT2D eigenvalue weighted by Gasteiger charge is 2.13. The van der Waals surface area contributed by atoms with E-state index in [4.69, 9.17) is 11.6 Å². The molecule has 0 aliphatic heterocycles. The van der Waals surface area contributed by atoms with Crippen LogP contribution in [0.3, 0.4) is 0 Å². The third-order valence-corrected chi connectivity index (χ3v) is 3.54. The third kappa shape index (κ3) is 2.58. The summed E-state index contributed by atoms with van der Waals surface area (Å²) in [6.07, 6.45) is 0. The molecule has 2 aromatic rings. The molecule has 0 spiro atoms. The molecule has 0 aliphatic rings. The van der Waals surface area contributed by atoms with Gasteiger partial charge in [-0.1, -0.05) is 17.4 Å². The first-order valence-corrected chi connectivity index (χ1v) is 6.55. The number of amides is 1. The number of aromatic nitrogens is 1. The zero-order valence-electron chi connectivity index (χ0n) is 9.87. The molecule has 0 saturated heterocycles. The monoisotopic (exact) mass is 268 g/mol. The third-order valence-electron chi connectivity index (χ3n) is 2.42. The maximum Gasteiger partial charge on any atom is 0.243 e. The molecule has 0 radical (unpaired) electrons. The van der Waals surface area contributed by atoms with E-state index >= 15 is 0 Å². The molecule has 0 aliphatic carbocycles. The number of halogens is 1. The molecular formula is C12H13ClN2OS. The van der Waals surface area contributed by atoms with Crippen molar-refractivity contribution in [2.75, 3.05) is 5.32 Å². The minimum absolute atomic E-state index is 0.222. The Morgan fingerprint density at radius 1 is 1.47 bits per heavy atom. The van der Waals surface area contributed by atoms with Crippen LogP contribution in [0.5, 0.6) is 0 Å². The summed E-state index contributed by atoms with van der Waals surface area (Å²) in [5.41, 5.74) is 3.26. The van der Waals surface area contributed by atoms with E-state index < -0.39 is 5.38 Å². The number of fused-ring (bicyclic) bond motifs is 1. The molecule has 3 nitrogen and oxygen atoms in total. The second-order valence-corrected chi connectivity index (χ2v) is 5.74. The fraction of sp³-hybridized carbons (Fsp3) is 0.333. The number of anilines is 1. The number of nitrogens with zero attached hydrogens (tertiary/aromatic N) is 1. The zero-order valence-corrected chi connectivity index (χ0v) is 11.4. The summed E-state index contributed by atoms with van der Waals surface area (Å²) in [6, 6.07) is 4.15. The Morgan fingerprint density at radius 3 is 2.82 bits per heavy atom. The maximum absolute atomic E-state index is 11.5. The molecule has 1 heterocycles. The minimum Gasteiger partial charge on any atom is -0.301 e. The molecule has 2 rings (SSSR count). The molecule has 1 amide bonds. The average molecular weight is 269 g/mol. The Balaban J connectivity index is 2.38. The van der Waals surface area contributed by atoms with Crippen molar-refractivity contribution in [2.45, 2.75) is 26.1 Å². The van der Waals surface area contributed by atoms with Crippen molar-refractivity contribution in [3.63, 3.8) is 0 Å². The largest absolute Gasteiger partial charge is 0.301 e. The van der Waals surface area contributed by atoms with Crippen LogP contribution in [0.1, 0.15) is 18.1 Å². The number of carbonyl (C=O) groups excluding carboxylic acids is 1. The number of benzene rings is 1. The minimum atomic E-state index is -0.551. The first kappa shape index (κ1) is 12.3. The molecule has 0 fully saturated rings. The van der Waals surface area contributed by atoms with Crippen LogP contribution in [0.4, 0.5) is 5.13 Å². The van der Waals surface area contributed by atoms with Crippen molar-refractivity contribution in [1.82, 2.24) is 4.98 Å². The van der Waals surface area contributed by atoms with E-state index in [1.54, 1.807) is 6.92 Å². The van der Waals surface area contributed by atoms with Crippen molar-refractivity contribution in [2.24, 2.45) is 0 Å². The lowest BCUT2D eigenvalue weighted by Gasteiger charge is -2.01. The van der Waals surface area contributed by atoms with Gasteiger partial charge in [0.1, 0.15) is 5.38 Å². The lowest BCUT2D eigenvalue weighted by Crippen LogP contribution is -2.19. The summed E-state index contributed by atoms with van der Waals surface area (Å²) in [5, 5.41) is 2.77. The summed E-state index contributed by atoms with van der Waals surface area (Å²) >= 11 is 7.17. The van der Waals surface area contributed by atoms with Gasteiger partial charge in [0.15, 0.2) is 5.13 Å².